The second kappa shape index (κ2) is 4.49. The van der Waals surface area contributed by atoms with Crippen molar-refractivity contribution < 1.29 is 9.53 Å². The van der Waals surface area contributed by atoms with Crippen LogP contribution in [0.4, 0.5) is 0 Å². The van der Waals surface area contributed by atoms with Crippen molar-refractivity contribution in [1.29, 1.82) is 0 Å². The summed E-state index contributed by atoms with van der Waals surface area (Å²) in [6.45, 7) is 3.71. The minimum absolute atomic E-state index is 0.0791. The van der Waals surface area contributed by atoms with E-state index in [4.69, 9.17) is 10.5 Å². The second-order valence-electron chi connectivity index (χ2n) is 5.43. The summed E-state index contributed by atoms with van der Waals surface area (Å²) in [7, 11) is 0. The molecule has 17 heavy (non-hydrogen) atoms. The summed E-state index contributed by atoms with van der Waals surface area (Å²) in [5.41, 5.74) is 6.07. The summed E-state index contributed by atoms with van der Waals surface area (Å²) in [4.78, 5) is 11.9. The maximum atomic E-state index is 11.9. The summed E-state index contributed by atoms with van der Waals surface area (Å²) >= 11 is 0. The Morgan fingerprint density at radius 3 is 2.41 bits per heavy atom. The Labute approximate surface area is 102 Å². The van der Waals surface area contributed by atoms with Gasteiger partial charge in [0.25, 0.3) is 0 Å². The number of rotatable bonds is 5. The standard InChI is InChI=1S/C14H19NO2/c1-14(2,15)9-13(16)10-3-5-11(6-4-10)17-12-7-8-12/h3-6,12H,7-9,15H2,1-2H3. The third-order valence-electron chi connectivity index (χ3n) is 2.62. The van der Waals surface area contributed by atoms with Crippen LogP contribution in [0.1, 0.15) is 43.5 Å². The molecule has 1 aromatic carbocycles. The highest BCUT2D eigenvalue weighted by molar-refractivity contribution is 5.96. The second-order valence-corrected chi connectivity index (χ2v) is 5.43. The van der Waals surface area contributed by atoms with E-state index in [2.05, 4.69) is 0 Å². The fraction of sp³-hybridized carbons (Fsp3) is 0.500. The molecule has 1 fully saturated rings. The molecular formula is C14H19NO2. The van der Waals surface area contributed by atoms with Crippen LogP contribution in [0.2, 0.25) is 0 Å². The van der Waals surface area contributed by atoms with Crippen LogP contribution in [0.3, 0.4) is 0 Å². The molecule has 1 aliphatic rings. The molecule has 3 nitrogen and oxygen atoms in total. The molecule has 1 saturated carbocycles. The van der Waals surface area contributed by atoms with Gasteiger partial charge in [-0.15, -0.1) is 0 Å². The lowest BCUT2D eigenvalue weighted by atomic mass is 9.95. The van der Waals surface area contributed by atoms with Crippen LogP contribution in [0.15, 0.2) is 24.3 Å². The maximum absolute atomic E-state index is 11.9. The van der Waals surface area contributed by atoms with Crippen LogP contribution in [0.25, 0.3) is 0 Å². The molecule has 0 spiro atoms. The van der Waals surface area contributed by atoms with E-state index in [9.17, 15) is 4.79 Å². The minimum atomic E-state index is -0.458. The number of hydrogen-bond acceptors (Lipinski definition) is 3. The highest BCUT2D eigenvalue weighted by Crippen LogP contribution is 2.27. The Balaban J connectivity index is 1.98. The molecule has 0 bridgehead atoms. The SMILES string of the molecule is CC(C)(N)CC(=O)c1ccc(OC2CC2)cc1. The van der Waals surface area contributed by atoms with Crippen molar-refractivity contribution in [1.82, 2.24) is 0 Å². The van der Waals surface area contributed by atoms with Crippen molar-refractivity contribution >= 4 is 5.78 Å². The van der Waals surface area contributed by atoms with Crippen LogP contribution in [0, 0.1) is 0 Å². The number of ether oxygens (including phenoxy) is 1. The number of carbonyl (C=O) groups excluding carboxylic acids is 1. The predicted molar refractivity (Wildman–Crippen MR) is 67.3 cm³/mol. The normalized spacial score (nSPS) is 15.7. The molecule has 0 heterocycles. The Morgan fingerprint density at radius 1 is 1.35 bits per heavy atom. The van der Waals surface area contributed by atoms with E-state index in [1.54, 1.807) is 0 Å². The molecule has 0 atom stereocenters. The van der Waals surface area contributed by atoms with Crippen LogP contribution in [0.5, 0.6) is 5.75 Å². The number of nitrogens with two attached hydrogens (primary N) is 1. The molecule has 0 unspecified atom stereocenters. The first-order valence-corrected chi connectivity index (χ1v) is 6.03. The van der Waals surface area contributed by atoms with Crippen molar-refractivity contribution in [2.24, 2.45) is 5.73 Å². The third kappa shape index (κ3) is 3.86. The van der Waals surface area contributed by atoms with Gasteiger partial charge < -0.3 is 10.5 Å². The quantitative estimate of drug-likeness (QED) is 0.795. The first-order valence-electron chi connectivity index (χ1n) is 6.03. The van der Waals surface area contributed by atoms with Crippen molar-refractivity contribution in [3.63, 3.8) is 0 Å². The number of benzene rings is 1. The van der Waals surface area contributed by atoms with Crippen LogP contribution in [-0.2, 0) is 0 Å². The van der Waals surface area contributed by atoms with Gasteiger partial charge in [0, 0.05) is 17.5 Å². The van der Waals surface area contributed by atoms with E-state index in [-0.39, 0.29) is 5.78 Å². The van der Waals surface area contributed by atoms with Gasteiger partial charge in [-0.3, -0.25) is 4.79 Å². The molecule has 0 aromatic heterocycles. The van der Waals surface area contributed by atoms with Gasteiger partial charge in [0.15, 0.2) is 5.78 Å². The van der Waals surface area contributed by atoms with Gasteiger partial charge in [-0.25, -0.2) is 0 Å². The topological polar surface area (TPSA) is 52.3 Å². The Hall–Kier alpha value is -1.35. The van der Waals surface area contributed by atoms with E-state index >= 15 is 0 Å². The summed E-state index contributed by atoms with van der Waals surface area (Å²) in [6.07, 6.45) is 3.03. The fourth-order valence-corrected chi connectivity index (χ4v) is 1.61. The summed E-state index contributed by atoms with van der Waals surface area (Å²) in [6, 6.07) is 7.34. The summed E-state index contributed by atoms with van der Waals surface area (Å²) < 4.78 is 5.62. The Morgan fingerprint density at radius 2 is 1.94 bits per heavy atom. The molecule has 0 radical (unpaired) electrons. The van der Waals surface area contributed by atoms with Gasteiger partial charge in [-0.05, 0) is 51.0 Å². The highest BCUT2D eigenvalue weighted by atomic mass is 16.5. The van der Waals surface area contributed by atoms with E-state index in [1.807, 2.05) is 38.1 Å². The van der Waals surface area contributed by atoms with Gasteiger partial charge >= 0.3 is 0 Å². The zero-order chi connectivity index (χ0) is 12.5. The zero-order valence-corrected chi connectivity index (χ0v) is 10.4. The number of ketones is 1. The summed E-state index contributed by atoms with van der Waals surface area (Å²) in [5.74, 6) is 0.923. The average molecular weight is 233 g/mol. The maximum Gasteiger partial charge on any atom is 0.164 e. The lowest BCUT2D eigenvalue weighted by molar-refractivity contribution is 0.0960. The van der Waals surface area contributed by atoms with E-state index in [1.165, 1.54) is 0 Å². The Bertz CT molecular complexity index is 399. The molecule has 0 aliphatic heterocycles. The number of hydrogen-bond donors (Lipinski definition) is 1. The minimum Gasteiger partial charge on any atom is -0.490 e. The Kier molecular flexibility index (Phi) is 3.20. The van der Waals surface area contributed by atoms with Crippen molar-refractivity contribution in [2.75, 3.05) is 0 Å². The molecule has 2 N–H and O–H groups in total. The predicted octanol–water partition coefficient (Wildman–Crippen LogP) is 2.54. The van der Waals surface area contributed by atoms with Gasteiger partial charge in [0.1, 0.15) is 5.75 Å². The fourth-order valence-electron chi connectivity index (χ4n) is 1.61. The first-order chi connectivity index (χ1) is 7.94. The molecule has 1 aromatic rings. The van der Waals surface area contributed by atoms with Crippen molar-refractivity contribution in [2.45, 2.75) is 44.8 Å². The van der Waals surface area contributed by atoms with Crippen molar-refractivity contribution in [3.05, 3.63) is 29.8 Å². The van der Waals surface area contributed by atoms with Crippen molar-refractivity contribution in [3.8, 4) is 5.75 Å². The van der Waals surface area contributed by atoms with Crippen LogP contribution >= 0.6 is 0 Å². The van der Waals surface area contributed by atoms with Gasteiger partial charge in [-0.2, -0.15) is 0 Å². The number of Topliss-reactive ketones (excluding diaryl/α,β-unsaturated/α-hetero) is 1. The van der Waals surface area contributed by atoms with E-state index in [0.29, 0.717) is 18.1 Å². The smallest absolute Gasteiger partial charge is 0.164 e. The zero-order valence-electron chi connectivity index (χ0n) is 10.4. The van der Waals surface area contributed by atoms with Crippen LogP contribution in [-0.4, -0.2) is 17.4 Å². The summed E-state index contributed by atoms with van der Waals surface area (Å²) in [5, 5.41) is 0. The van der Waals surface area contributed by atoms with E-state index in [0.717, 1.165) is 18.6 Å². The molecule has 1 aliphatic carbocycles. The van der Waals surface area contributed by atoms with Gasteiger partial charge in [0.2, 0.25) is 0 Å². The average Bonchev–Trinajstić information content (AvgIpc) is 3.00. The highest BCUT2D eigenvalue weighted by Gasteiger charge is 2.23. The largest absolute Gasteiger partial charge is 0.490 e. The first kappa shape index (κ1) is 12.1. The van der Waals surface area contributed by atoms with Gasteiger partial charge in [-0.1, -0.05) is 0 Å². The molecule has 0 saturated heterocycles. The molecular weight excluding hydrogens is 214 g/mol. The number of carbonyl (C=O) groups is 1. The van der Waals surface area contributed by atoms with E-state index < -0.39 is 5.54 Å². The van der Waals surface area contributed by atoms with Crippen LogP contribution < -0.4 is 10.5 Å². The van der Waals surface area contributed by atoms with Gasteiger partial charge in [0.05, 0.1) is 6.10 Å². The molecule has 2 rings (SSSR count). The monoisotopic (exact) mass is 233 g/mol. The molecule has 92 valence electrons. The third-order valence-corrected chi connectivity index (χ3v) is 2.62. The lowest BCUT2D eigenvalue weighted by Crippen LogP contribution is -2.34. The molecule has 0 amide bonds. The molecule has 3 heteroatoms. The lowest BCUT2D eigenvalue weighted by Gasteiger charge is -2.17.